The number of rotatable bonds is 9. The van der Waals surface area contributed by atoms with Gasteiger partial charge in [0.25, 0.3) is 5.91 Å². The van der Waals surface area contributed by atoms with E-state index in [4.69, 9.17) is 15.5 Å². The summed E-state index contributed by atoms with van der Waals surface area (Å²) in [5.74, 6) is 3.39. The van der Waals surface area contributed by atoms with Crippen LogP contribution in [0, 0.1) is 17.8 Å². The highest BCUT2D eigenvalue weighted by Gasteiger charge is 2.39. The largest absolute Gasteiger partial charge is 0.494 e. The number of carbonyl (C=O) groups excluding carboxylic acids is 1. The Bertz CT molecular complexity index is 1630. The molecular weight excluding hydrogens is 512 g/mol. The van der Waals surface area contributed by atoms with Crippen molar-refractivity contribution < 1.29 is 9.53 Å². The third kappa shape index (κ3) is 4.66. The third-order valence-corrected chi connectivity index (χ3v) is 9.77. The summed E-state index contributed by atoms with van der Waals surface area (Å²) in [6.45, 7) is 6.92. The molecule has 2 saturated carbocycles. The zero-order chi connectivity index (χ0) is 28.4. The maximum Gasteiger partial charge on any atom is 0.254 e. The summed E-state index contributed by atoms with van der Waals surface area (Å²) in [6, 6.07) is 12.8. The van der Waals surface area contributed by atoms with E-state index >= 15 is 0 Å². The number of aromatic nitrogens is 3. The van der Waals surface area contributed by atoms with Gasteiger partial charge in [-0.15, -0.1) is 0 Å². The van der Waals surface area contributed by atoms with Crippen molar-refractivity contribution in [2.45, 2.75) is 64.6 Å². The number of anilines is 1. The lowest BCUT2D eigenvalue weighted by Crippen LogP contribution is -2.41. The minimum Gasteiger partial charge on any atom is -0.494 e. The first-order valence-corrected chi connectivity index (χ1v) is 15.3. The van der Waals surface area contributed by atoms with E-state index in [0.717, 1.165) is 48.0 Å². The van der Waals surface area contributed by atoms with Crippen molar-refractivity contribution in [3.63, 3.8) is 0 Å². The van der Waals surface area contributed by atoms with Crippen molar-refractivity contribution in [2.75, 3.05) is 25.5 Å². The number of amides is 1. The van der Waals surface area contributed by atoms with Gasteiger partial charge in [0.15, 0.2) is 5.82 Å². The molecule has 4 aromatic rings. The summed E-state index contributed by atoms with van der Waals surface area (Å²) in [4.78, 5) is 20.8. The van der Waals surface area contributed by atoms with Crippen LogP contribution in [-0.2, 0) is 13.6 Å². The van der Waals surface area contributed by atoms with Crippen LogP contribution < -0.4 is 15.8 Å². The highest BCUT2D eigenvalue weighted by atomic mass is 16.5. The summed E-state index contributed by atoms with van der Waals surface area (Å²) >= 11 is 0. The Morgan fingerprint density at radius 3 is 2.59 bits per heavy atom. The molecule has 41 heavy (non-hydrogen) atoms. The van der Waals surface area contributed by atoms with Gasteiger partial charge >= 0.3 is 0 Å². The number of methoxy groups -OCH3 is 1. The minimum absolute atomic E-state index is 0.00442. The second-order valence-electron chi connectivity index (χ2n) is 12.7. The van der Waals surface area contributed by atoms with Crippen LogP contribution in [0.3, 0.4) is 0 Å². The van der Waals surface area contributed by atoms with E-state index in [1.807, 2.05) is 24.1 Å². The number of benzene rings is 2. The number of fused-ring (bicyclic) bond motifs is 2. The highest BCUT2D eigenvalue weighted by molar-refractivity contribution is 6.00. The molecule has 0 spiro atoms. The Kier molecular flexibility index (Phi) is 6.49. The van der Waals surface area contributed by atoms with Gasteiger partial charge in [-0.05, 0) is 86.8 Å². The molecule has 3 fully saturated rings. The smallest absolute Gasteiger partial charge is 0.254 e. The number of nitrogens with one attached hydrogen (secondary N) is 1. The van der Waals surface area contributed by atoms with Gasteiger partial charge < -0.3 is 29.8 Å². The Hall–Kier alpha value is -3.52. The first kappa shape index (κ1) is 26.4. The molecule has 3 aliphatic rings. The van der Waals surface area contributed by atoms with Crippen molar-refractivity contribution in [3.05, 3.63) is 42.0 Å². The van der Waals surface area contributed by atoms with Crippen LogP contribution in [0.5, 0.6) is 5.75 Å². The molecule has 0 unspecified atom stereocenters. The van der Waals surface area contributed by atoms with Crippen molar-refractivity contribution in [1.29, 1.82) is 0 Å². The average molecular weight is 555 g/mol. The fraction of sp³-hybridized carbons (Fsp3) is 0.515. The van der Waals surface area contributed by atoms with Gasteiger partial charge in [0.05, 0.1) is 18.3 Å². The molecule has 3 N–H and O–H groups in total. The second kappa shape index (κ2) is 10.1. The number of likely N-dealkylation sites (tertiary alicyclic amines) is 1. The molecule has 7 rings (SSSR count). The van der Waals surface area contributed by atoms with Gasteiger partial charge in [-0.1, -0.05) is 13.3 Å². The molecule has 3 heterocycles. The average Bonchev–Trinajstić information content (AvgIpc) is 3.90. The number of carbonyl (C=O) groups is 1. The fourth-order valence-electron chi connectivity index (χ4n) is 6.70. The van der Waals surface area contributed by atoms with Crippen LogP contribution in [0.25, 0.3) is 33.5 Å². The molecule has 1 saturated heterocycles. The summed E-state index contributed by atoms with van der Waals surface area (Å²) < 4.78 is 10.4. The lowest BCUT2D eigenvalue weighted by atomic mass is 9.98. The van der Waals surface area contributed by atoms with Crippen molar-refractivity contribution in [3.8, 4) is 17.3 Å². The fourth-order valence-corrected chi connectivity index (χ4v) is 6.70. The Morgan fingerprint density at radius 1 is 1.12 bits per heavy atom. The summed E-state index contributed by atoms with van der Waals surface area (Å²) in [5.41, 5.74) is 12.2. The molecule has 216 valence electrons. The van der Waals surface area contributed by atoms with Crippen molar-refractivity contribution >= 4 is 33.5 Å². The van der Waals surface area contributed by atoms with Crippen molar-refractivity contribution in [1.82, 2.24) is 19.0 Å². The summed E-state index contributed by atoms with van der Waals surface area (Å²) in [7, 11) is 3.71. The van der Waals surface area contributed by atoms with Crippen LogP contribution in [-0.4, -0.2) is 57.2 Å². The van der Waals surface area contributed by atoms with Gasteiger partial charge in [0.1, 0.15) is 11.3 Å². The molecule has 3 atom stereocenters. The van der Waals surface area contributed by atoms with Gasteiger partial charge in [0.2, 0.25) is 0 Å². The molecule has 2 aliphatic carbocycles. The molecule has 0 radical (unpaired) electrons. The highest BCUT2D eigenvalue weighted by Crippen LogP contribution is 2.39. The van der Waals surface area contributed by atoms with E-state index in [1.54, 1.807) is 7.11 Å². The molecule has 2 aromatic heterocycles. The molecular formula is C33H42N6O2. The summed E-state index contributed by atoms with van der Waals surface area (Å²) in [5, 5.41) is 4.85. The molecule has 8 heteroatoms. The Labute approximate surface area is 241 Å². The Balaban J connectivity index is 1.29. The molecule has 1 amide bonds. The van der Waals surface area contributed by atoms with E-state index in [2.05, 4.69) is 52.6 Å². The first-order chi connectivity index (χ1) is 19.9. The zero-order valence-corrected chi connectivity index (χ0v) is 24.7. The third-order valence-electron chi connectivity index (χ3n) is 9.77. The summed E-state index contributed by atoms with van der Waals surface area (Å²) in [6.07, 6.45) is 6.20. The van der Waals surface area contributed by atoms with Crippen LogP contribution in [0.15, 0.2) is 36.4 Å². The van der Waals surface area contributed by atoms with Gasteiger partial charge in [-0.25, -0.2) is 4.98 Å². The number of ether oxygens (including phenoxy) is 1. The van der Waals surface area contributed by atoms with Crippen LogP contribution in [0.4, 0.5) is 5.69 Å². The van der Waals surface area contributed by atoms with Crippen LogP contribution in [0.2, 0.25) is 0 Å². The van der Waals surface area contributed by atoms with Crippen LogP contribution in [0.1, 0.15) is 56.3 Å². The van der Waals surface area contributed by atoms with Crippen molar-refractivity contribution in [2.24, 2.45) is 30.5 Å². The first-order valence-electron chi connectivity index (χ1n) is 15.3. The number of nitrogens with two attached hydrogens (primary N) is 1. The van der Waals surface area contributed by atoms with E-state index in [0.29, 0.717) is 29.7 Å². The van der Waals surface area contributed by atoms with E-state index < -0.39 is 0 Å². The predicted molar refractivity (Wildman–Crippen MR) is 164 cm³/mol. The molecule has 0 bridgehead atoms. The minimum atomic E-state index is -0.00891. The number of hydrogen-bond acceptors (Lipinski definition) is 5. The van der Waals surface area contributed by atoms with Crippen LogP contribution >= 0.6 is 0 Å². The Morgan fingerprint density at radius 2 is 1.90 bits per heavy atom. The zero-order valence-electron chi connectivity index (χ0n) is 24.7. The quantitative estimate of drug-likeness (QED) is 0.280. The standard InChI is InChI=1S/C33H42N6O2/c1-5-22-18-38(19(2)30(22)34)33(40)24-13-26-31(29(15-24)41-4)37(3)32(36-26)28-14-23-12-25(35-16-20-6-7-20)10-11-27(23)39(28)17-21-8-9-21/h10-15,19-22,30,35H,5-9,16-18,34H2,1-4H3/t19-,22-,30-/m1/s1. The predicted octanol–water partition coefficient (Wildman–Crippen LogP) is 5.63. The number of hydrogen-bond donors (Lipinski definition) is 2. The number of imidazole rings is 1. The maximum absolute atomic E-state index is 13.7. The van der Waals surface area contributed by atoms with E-state index in [1.165, 1.54) is 42.3 Å². The lowest BCUT2D eigenvalue weighted by Gasteiger charge is -2.23. The number of aryl methyl sites for hydroxylation is 1. The number of nitrogens with zero attached hydrogens (tertiary/aromatic N) is 4. The van der Waals surface area contributed by atoms with E-state index in [9.17, 15) is 4.79 Å². The monoisotopic (exact) mass is 554 g/mol. The normalized spacial score (nSPS) is 22.7. The second-order valence-corrected chi connectivity index (χ2v) is 12.7. The van der Waals surface area contributed by atoms with Gasteiger partial charge in [-0.3, -0.25) is 4.79 Å². The van der Waals surface area contributed by atoms with Gasteiger partial charge in [0, 0.05) is 60.9 Å². The molecule has 2 aromatic carbocycles. The molecule has 8 nitrogen and oxygen atoms in total. The van der Waals surface area contributed by atoms with Gasteiger partial charge in [-0.2, -0.15) is 0 Å². The maximum atomic E-state index is 13.7. The topological polar surface area (TPSA) is 90.3 Å². The lowest BCUT2D eigenvalue weighted by molar-refractivity contribution is 0.0739. The SMILES string of the molecule is CC[C@@H]1CN(C(=O)c2cc(OC)c3c(c2)nc(-c2cc4cc(NCC5CC5)ccc4n2CC2CC2)n3C)[C@H](C)[C@H]1N. The molecule has 1 aliphatic heterocycles. The van der Waals surface area contributed by atoms with E-state index in [-0.39, 0.29) is 18.0 Å².